The Morgan fingerprint density at radius 1 is 1.88 bits per heavy atom. The van der Waals surface area contributed by atoms with Crippen molar-refractivity contribution in [1.82, 2.24) is 3.11 Å². The maximum atomic E-state index is 9.91. The van der Waals surface area contributed by atoms with Crippen molar-refractivity contribution in [2.24, 2.45) is 0 Å². The number of carboxylic acid groups (broad SMARTS) is 1. The molecule has 0 atom stereocenters. The van der Waals surface area contributed by atoms with Crippen molar-refractivity contribution in [3.8, 4) is 12.0 Å². The quantitative estimate of drug-likeness (QED) is 0.292. The normalized spacial score (nSPS) is 6.75. The molecule has 1 N–H and O–H groups in total. The third kappa shape index (κ3) is 2.69. The molecule has 0 radical (unpaired) electrons. The topological polar surface area (TPSA) is 40.5 Å². The molecule has 0 aromatic heterocycles. The minimum Gasteiger partial charge on any atom is -0.464 e. The molecule has 0 unspecified atom stereocenters. The lowest BCUT2D eigenvalue weighted by Gasteiger charge is -1.95. The van der Waals surface area contributed by atoms with E-state index in [2.05, 4.69) is 12.0 Å². The van der Waals surface area contributed by atoms with Gasteiger partial charge in [-0.15, -0.1) is 0 Å². The fraction of sp³-hybridized carbons (Fsp3) is 0.250. The van der Waals surface area contributed by atoms with Crippen LogP contribution in [0.1, 0.15) is 6.92 Å². The molecular formula is C4H4INO2. The molecule has 0 aliphatic carbocycles. The molecule has 0 fully saturated rings. The number of carbonyl (C=O) groups is 1. The van der Waals surface area contributed by atoms with Gasteiger partial charge in [0.15, 0.2) is 0 Å². The van der Waals surface area contributed by atoms with Crippen LogP contribution in [0, 0.1) is 12.0 Å². The lowest BCUT2D eigenvalue weighted by atomic mass is 10.8. The van der Waals surface area contributed by atoms with Crippen LogP contribution in [0.4, 0.5) is 4.79 Å². The molecule has 3 nitrogen and oxygen atoms in total. The van der Waals surface area contributed by atoms with Crippen LogP contribution in [0.25, 0.3) is 0 Å². The van der Waals surface area contributed by atoms with Gasteiger partial charge < -0.3 is 5.11 Å². The zero-order valence-corrected chi connectivity index (χ0v) is 6.34. The molecule has 44 valence electrons. The largest absolute Gasteiger partial charge is 0.464 e. The number of amides is 1. The zero-order chi connectivity index (χ0) is 6.57. The van der Waals surface area contributed by atoms with Crippen molar-refractivity contribution in [3.05, 3.63) is 0 Å². The van der Waals surface area contributed by atoms with E-state index in [4.69, 9.17) is 5.11 Å². The minimum atomic E-state index is -1.04. The van der Waals surface area contributed by atoms with Crippen molar-refractivity contribution in [3.63, 3.8) is 0 Å². The fourth-order valence-corrected chi connectivity index (χ4v) is 0.387. The Kier molecular flexibility index (Phi) is 3.35. The van der Waals surface area contributed by atoms with Gasteiger partial charge in [0.1, 0.15) is 0 Å². The Labute approximate surface area is 61.2 Å². The van der Waals surface area contributed by atoms with Crippen LogP contribution in [0.3, 0.4) is 0 Å². The summed E-state index contributed by atoms with van der Waals surface area (Å²) in [5.74, 6) is 2.44. The van der Waals surface area contributed by atoms with Crippen LogP contribution in [0.15, 0.2) is 0 Å². The summed E-state index contributed by atoms with van der Waals surface area (Å²) < 4.78 is 0.873. The number of rotatable bonds is 0. The number of nitrogens with zero attached hydrogens (tertiary/aromatic N) is 1. The second-order valence-electron chi connectivity index (χ2n) is 0.925. The molecule has 0 saturated heterocycles. The van der Waals surface area contributed by atoms with Crippen LogP contribution >= 0.6 is 22.9 Å². The Bertz CT molecular complexity index is 146. The summed E-state index contributed by atoms with van der Waals surface area (Å²) in [6.07, 6.45) is -1.04. The van der Waals surface area contributed by atoms with Crippen molar-refractivity contribution in [2.45, 2.75) is 6.92 Å². The predicted octanol–water partition coefficient (Wildman–Crippen LogP) is 1.30. The zero-order valence-electron chi connectivity index (χ0n) is 4.18. The maximum Gasteiger partial charge on any atom is 0.428 e. The van der Waals surface area contributed by atoms with E-state index >= 15 is 0 Å². The summed E-state index contributed by atoms with van der Waals surface area (Å²) in [4.78, 5) is 9.91. The van der Waals surface area contributed by atoms with Gasteiger partial charge in [0.2, 0.25) is 0 Å². The number of hydrogen-bond donors (Lipinski definition) is 1. The van der Waals surface area contributed by atoms with Crippen LogP contribution in [-0.2, 0) is 0 Å². The summed E-state index contributed by atoms with van der Waals surface area (Å²) in [5.41, 5.74) is 0. The summed E-state index contributed by atoms with van der Waals surface area (Å²) in [6.45, 7) is 1.58. The van der Waals surface area contributed by atoms with Crippen LogP contribution in [0.2, 0.25) is 0 Å². The highest BCUT2D eigenvalue weighted by Crippen LogP contribution is 1.94. The Hall–Kier alpha value is -0.440. The van der Waals surface area contributed by atoms with Crippen molar-refractivity contribution < 1.29 is 9.90 Å². The second-order valence-corrected chi connectivity index (χ2v) is 1.89. The van der Waals surface area contributed by atoms with E-state index in [1.807, 2.05) is 0 Å². The SMILES string of the molecule is CC#CN(I)C(=O)O. The highest BCUT2D eigenvalue weighted by Gasteiger charge is 2.00. The van der Waals surface area contributed by atoms with Crippen molar-refractivity contribution in [2.75, 3.05) is 0 Å². The average molecular weight is 225 g/mol. The van der Waals surface area contributed by atoms with E-state index in [1.165, 1.54) is 0 Å². The van der Waals surface area contributed by atoms with Gasteiger partial charge in [-0.1, -0.05) is 5.92 Å². The highest BCUT2D eigenvalue weighted by atomic mass is 127. The summed E-state index contributed by atoms with van der Waals surface area (Å²) in [5, 5.41) is 8.13. The number of halogens is 1. The Balaban J connectivity index is 3.77. The maximum absolute atomic E-state index is 9.91. The van der Waals surface area contributed by atoms with E-state index < -0.39 is 6.09 Å². The first-order valence-corrected chi connectivity index (χ1v) is 2.76. The second kappa shape index (κ2) is 3.55. The van der Waals surface area contributed by atoms with Crippen LogP contribution in [-0.4, -0.2) is 14.3 Å². The minimum absolute atomic E-state index is 0.873. The number of hydrogen-bond acceptors (Lipinski definition) is 1. The van der Waals surface area contributed by atoms with Gasteiger partial charge in [0, 0.05) is 6.04 Å². The third-order valence-electron chi connectivity index (χ3n) is 0.378. The average Bonchev–Trinajstić information content (AvgIpc) is 1.67. The Morgan fingerprint density at radius 3 is 2.50 bits per heavy atom. The van der Waals surface area contributed by atoms with E-state index in [1.54, 1.807) is 29.8 Å². The molecule has 0 rings (SSSR count). The molecule has 8 heavy (non-hydrogen) atoms. The predicted molar refractivity (Wildman–Crippen MR) is 37.3 cm³/mol. The van der Waals surface area contributed by atoms with E-state index in [0.29, 0.717) is 0 Å². The Morgan fingerprint density at radius 2 is 2.38 bits per heavy atom. The van der Waals surface area contributed by atoms with Crippen molar-refractivity contribution in [1.29, 1.82) is 0 Å². The molecule has 4 heteroatoms. The van der Waals surface area contributed by atoms with Gasteiger partial charge in [-0.2, -0.15) is 3.11 Å². The lowest BCUT2D eigenvalue weighted by Crippen LogP contribution is -2.10. The molecule has 1 amide bonds. The van der Waals surface area contributed by atoms with Gasteiger partial charge in [0.25, 0.3) is 0 Å². The molecule has 0 aromatic carbocycles. The molecule has 0 aromatic rings. The molecule has 0 aliphatic rings. The fourth-order valence-electron chi connectivity index (χ4n) is 0.146. The first-order valence-electron chi connectivity index (χ1n) is 1.79. The molecule has 0 spiro atoms. The lowest BCUT2D eigenvalue weighted by molar-refractivity contribution is 0.188. The van der Waals surface area contributed by atoms with Crippen LogP contribution in [0.5, 0.6) is 0 Å². The first kappa shape index (κ1) is 7.56. The molecule has 0 aliphatic heterocycles. The highest BCUT2D eigenvalue weighted by molar-refractivity contribution is 14.1. The smallest absolute Gasteiger partial charge is 0.428 e. The molecule has 0 saturated carbocycles. The van der Waals surface area contributed by atoms with E-state index in [0.717, 1.165) is 3.11 Å². The molecular weight excluding hydrogens is 221 g/mol. The van der Waals surface area contributed by atoms with Gasteiger partial charge >= 0.3 is 6.09 Å². The third-order valence-corrected chi connectivity index (χ3v) is 1.03. The van der Waals surface area contributed by atoms with E-state index in [9.17, 15) is 4.79 Å². The van der Waals surface area contributed by atoms with Gasteiger partial charge in [-0.25, -0.2) is 4.79 Å². The summed E-state index contributed by atoms with van der Waals surface area (Å²) in [6, 6.07) is 2.32. The van der Waals surface area contributed by atoms with Gasteiger partial charge in [-0.3, -0.25) is 0 Å². The summed E-state index contributed by atoms with van der Waals surface area (Å²) >= 11 is 1.59. The van der Waals surface area contributed by atoms with Crippen LogP contribution < -0.4 is 0 Å². The standard InChI is InChI=1S/C4H4INO2/c1-2-3-6(5)4(7)8/h1H3,(H,7,8). The van der Waals surface area contributed by atoms with Crippen molar-refractivity contribution >= 4 is 29.0 Å². The van der Waals surface area contributed by atoms with E-state index in [-0.39, 0.29) is 0 Å². The molecule has 0 bridgehead atoms. The first-order chi connectivity index (χ1) is 3.68. The van der Waals surface area contributed by atoms with Gasteiger partial charge in [-0.05, 0) is 6.92 Å². The van der Waals surface area contributed by atoms with Gasteiger partial charge in [0.05, 0.1) is 22.9 Å². The molecule has 0 heterocycles. The monoisotopic (exact) mass is 225 g/mol. The summed E-state index contributed by atoms with van der Waals surface area (Å²) in [7, 11) is 0.